The topological polar surface area (TPSA) is 73.6 Å². The second kappa shape index (κ2) is 5.92. The average molecular weight is 274 g/mol. The molecule has 0 fully saturated rings. The van der Waals surface area contributed by atoms with Crippen LogP contribution in [0.5, 0.6) is 11.5 Å². The van der Waals surface area contributed by atoms with E-state index in [1.807, 2.05) is 30.3 Å². The lowest BCUT2D eigenvalue weighted by Crippen LogP contribution is -2.00. The summed E-state index contributed by atoms with van der Waals surface area (Å²) in [5, 5.41) is 14.2. The predicted molar refractivity (Wildman–Crippen MR) is 75.9 cm³/mol. The Bertz CT molecular complexity index is 614. The maximum atomic E-state index is 11.1. The zero-order valence-corrected chi connectivity index (χ0v) is 11.1. The molecular weight excluding hydrogens is 260 g/mol. The van der Waals surface area contributed by atoms with Gasteiger partial charge in [-0.1, -0.05) is 18.2 Å². The number of nitrogens with one attached hydrogen (secondary N) is 1. The van der Waals surface area contributed by atoms with E-state index in [-0.39, 0.29) is 5.69 Å². The molecule has 104 valence electrons. The Balaban J connectivity index is 2.47. The van der Waals surface area contributed by atoms with Crippen LogP contribution in [-0.4, -0.2) is 19.1 Å². The first-order chi connectivity index (χ1) is 9.65. The molecule has 0 aliphatic carbocycles. The van der Waals surface area contributed by atoms with Crippen LogP contribution >= 0.6 is 0 Å². The van der Waals surface area contributed by atoms with E-state index in [0.717, 1.165) is 5.69 Å². The van der Waals surface area contributed by atoms with Crippen LogP contribution in [0.15, 0.2) is 42.5 Å². The summed E-state index contributed by atoms with van der Waals surface area (Å²) in [5.74, 6) is 0.745. The highest BCUT2D eigenvalue weighted by molar-refractivity contribution is 5.73. The van der Waals surface area contributed by atoms with E-state index in [0.29, 0.717) is 17.2 Å². The van der Waals surface area contributed by atoms with Gasteiger partial charge in [0.2, 0.25) is 0 Å². The first-order valence-corrected chi connectivity index (χ1v) is 5.88. The third-order valence-corrected chi connectivity index (χ3v) is 2.75. The van der Waals surface area contributed by atoms with E-state index in [1.54, 1.807) is 6.07 Å². The van der Waals surface area contributed by atoms with Crippen molar-refractivity contribution in [1.82, 2.24) is 0 Å². The molecule has 0 spiro atoms. The molecule has 0 saturated heterocycles. The van der Waals surface area contributed by atoms with Gasteiger partial charge in [0.05, 0.1) is 25.2 Å². The maximum Gasteiger partial charge on any atom is 0.296 e. The highest BCUT2D eigenvalue weighted by Gasteiger charge is 2.19. The number of nitrogens with zero attached hydrogens (tertiary/aromatic N) is 1. The number of nitro benzene ring substituents is 1. The minimum atomic E-state index is -0.465. The van der Waals surface area contributed by atoms with Gasteiger partial charge < -0.3 is 14.8 Å². The van der Waals surface area contributed by atoms with E-state index in [2.05, 4.69) is 5.32 Å². The number of hydrogen-bond acceptors (Lipinski definition) is 5. The van der Waals surface area contributed by atoms with Crippen LogP contribution in [0.4, 0.5) is 17.1 Å². The molecule has 0 saturated carbocycles. The molecule has 20 heavy (non-hydrogen) atoms. The molecule has 0 aliphatic heterocycles. The van der Waals surface area contributed by atoms with Crippen molar-refractivity contribution in [2.24, 2.45) is 0 Å². The van der Waals surface area contributed by atoms with Crippen molar-refractivity contribution < 1.29 is 14.4 Å². The molecule has 0 atom stereocenters. The first-order valence-electron chi connectivity index (χ1n) is 5.88. The van der Waals surface area contributed by atoms with Gasteiger partial charge in [-0.25, -0.2) is 0 Å². The van der Waals surface area contributed by atoms with Crippen LogP contribution in [0.1, 0.15) is 0 Å². The van der Waals surface area contributed by atoms with Crippen molar-refractivity contribution in [2.75, 3.05) is 19.5 Å². The number of anilines is 2. The van der Waals surface area contributed by atoms with Crippen molar-refractivity contribution in [1.29, 1.82) is 0 Å². The molecule has 6 heteroatoms. The smallest absolute Gasteiger partial charge is 0.296 e. The SMILES string of the molecule is COc1cc(Nc2ccccc2)c([N+](=O)[O-])cc1OC. The lowest BCUT2D eigenvalue weighted by atomic mass is 10.2. The summed E-state index contributed by atoms with van der Waals surface area (Å²) in [4.78, 5) is 10.7. The number of ether oxygens (including phenoxy) is 2. The van der Waals surface area contributed by atoms with Crippen LogP contribution in [0.2, 0.25) is 0 Å². The Morgan fingerprint density at radius 1 is 1.05 bits per heavy atom. The van der Waals surface area contributed by atoms with Gasteiger partial charge in [0.15, 0.2) is 11.5 Å². The van der Waals surface area contributed by atoms with Crippen LogP contribution in [-0.2, 0) is 0 Å². The number of methoxy groups -OCH3 is 2. The molecule has 0 heterocycles. The molecule has 2 aromatic carbocycles. The summed E-state index contributed by atoms with van der Waals surface area (Å²) in [5.41, 5.74) is 1.02. The third-order valence-electron chi connectivity index (χ3n) is 2.75. The molecule has 6 nitrogen and oxygen atoms in total. The monoisotopic (exact) mass is 274 g/mol. The highest BCUT2D eigenvalue weighted by Crippen LogP contribution is 2.38. The predicted octanol–water partition coefficient (Wildman–Crippen LogP) is 3.36. The molecule has 0 radical (unpaired) electrons. The molecule has 0 aliphatic rings. The van der Waals surface area contributed by atoms with Crippen LogP contribution in [0.25, 0.3) is 0 Å². The van der Waals surface area contributed by atoms with Gasteiger partial charge in [0, 0.05) is 11.8 Å². The Morgan fingerprint density at radius 3 is 2.20 bits per heavy atom. The van der Waals surface area contributed by atoms with Gasteiger partial charge in [-0.05, 0) is 12.1 Å². The van der Waals surface area contributed by atoms with Gasteiger partial charge >= 0.3 is 0 Å². The van der Waals surface area contributed by atoms with Gasteiger partial charge in [-0.3, -0.25) is 10.1 Å². The molecule has 2 aromatic rings. The van der Waals surface area contributed by atoms with Crippen LogP contribution in [0, 0.1) is 10.1 Å². The van der Waals surface area contributed by atoms with E-state index < -0.39 is 4.92 Å². The largest absolute Gasteiger partial charge is 0.493 e. The molecule has 2 rings (SSSR count). The van der Waals surface area contributed by atoms with Crippen molar-refractivity contribution in [3.05, 3.63) is 52.6 Å². The Morgan fingerprint density at radius 2 is 1.65 bits per heavy atom. The molecule has 0 unspecified atom stereocenters. The quantitative estimate of drug-likeness (QED) is 0.668. The van der Waals surface area contributed by atoms with Crippen LogP contribution in [0.3, 0.4) is 0 Å². The normalized spacial score (nSPS) is 9.90. The molecule has 1 N–H and O–H groups in total. The van der Waals surface area contributed by atoms with Gasteiger partial charge in [0.1, 0.15) is 5.69 Å². The van der Waals surface area contributed by atoms with Crippen molar-refractivity contribution in [2.45, 2.75) is 0 Å². The minimum Gasteiger partial charge on any atom is -0.493 e. The first kappa shape index (κ1) is 13.7. The van der Waals surface area contributed by atoms with E-state index in [4.69, 9.17) is 9.47 Å². The lowest BCUT2D eigenvalue weighted by Gasteiger charge is -2.12. The van der Waals surface area contributed by atoms with E-state index in [9.17, 15) is 10.1 Å². The molecule has 0 bridgehead atoms. The Hall–Kier alpha value is -2.76. The fourth-order valence-electron chi connectivity index (χ4n) is 1.80. The second-order valence-corrected chi connectivity index (χ2v) is 3.97. The number of nitro groups is 1. The Labute approximate surface area is 116 Å². The number of benzene rings is 2. The summed E-state index contributed by atoms with van der Waals surface area (Å²) in [6.07, 6.45) is 0. The standard InChI is InChI=1S/C14H14N2O4/c1-19-13-8-11(15-10-6-4-3-5-7-10)12(16(17)18)9-14(13)20-2/h3-9,15H,1-2H3. The van der Waals surface area contributed by atoms with Crippen molar-refractivity contribution in [3.8, 4) is 11.5 Å². The number of rotatable bonds is 5. The number of hydrogen-bond donors (Lipinski definition) is 1. The van der Waals surface area contributed by atoms with Crippen molar-refractivity contribution in [3.63, 3.8) is 0 Å². The van der Waals surface area contributed by atoms with Gasteiger partial charge in [0.25, 0.3) is 5.69 Å². The van der Waals surface area contributed by atoms with Crippen molar-refractivity contribution >= 4 is 17.1 Å². The highest BCUT2D eigenvalue weighted by atomic mass is 16.6. The summed E-state index contributed by atoms with van der Waals surface area (Å²) < 4.78 is 10.2. The molecule has 0 aromatic heterocycles. The minimum absolute atomic E-state index is 0.0773. The summed E-state index contributed by atoms with van der Waals surface area (Å²) >= 11 is 0. The Kier molecular flexibility index (Phi) is 4.05. The fourth-order valence-corrected chi connectivity index (χ4v) is 1.80. The lowest BCUT2D eigenvalue weighted by molar-refractivity contribution is -0.384. The second-order valence-electron chi connectivity index (χ2n) is 3.97. The summed E-state index contributed by atoms with van der Waals surface area (Å²) in [7, 11) is 2.92. The van der Waals surface area contributed by atoms with E-state index in [1.165, 1.54) is 20.3 Å². The van der Waals surface area contributed by atoms with E-state index >= 15 is 0 Å². The fraction of sp³-hybridized carbons (Fsp3) is 0.143. The number of para-hydroxylation sites is 1. The molecule has 0 amide bonds. The van der Waals surface area contributed by atoms with Crippen LogP contribution < -0.4 is 14.8 Å². The summed E-state index contributed by atoms with van der Waals surface area (Å²) in [6.45, 7) is 0. The maximum absolute atomic E-state index is 11.1. The third kappa shape index (κ3) is 2.80. The van der Waals surface area contributed by atoms with Gasteiger partial charge in [-0.2, -0.15) is 0 Å². The van der Waals surface area contributed by atoms with Gasteiger partial charge in [-0.15, -0.1) is 0 Å². The molecular formula is C14H14N2O4. The zero-order chi connectivity index (χ0) is 14.5. The zero-order valence-electron chi connectivity index (χ0n) is 11.1. The average Bonchev–Trinajstić information content (AvgIpc) is 2.47. The summed E-state index contributed by atoms with van der Waals surface area (Å²) in [6, 6.07) is 12.1.